The highest BCUT2D eigenvalue weighted by Crippen LogP contribution is 2.34. The lowest BCUT2D eigenvalue weighted by atomic mass is 9.81. The van der Waals surface area contributed by atoms with Crippen LogP contribution in [-0.2, 0) is 9.47 Å². The maximum absolute atomic E-state index is 9.95. The molecule has 1 fully saturated rings. The van der Waals surface area contributed by atoms with E-state index in [2.05, 4.69) is 41.2 Å². The summed E-state index contributed by atoms with van der Waals surface area (Å²) >= 11 is 0. The van der Waals surface area contributed by atoms with Crippen molar-refractivity contribution in [3.63, 3.8) is 0 Å². The van der Waals surface area contributed by atoms with E-state index in [4.69, 9.17) is 9.47 Å². The van der Waals surface area contributed by atoms with E-state index in [-0.39, 0.29) is 16.9 Å². The Labute approximate surface area is 118 Å². The van der Waals surface area contributed by atoms with Gasteiger partial charge >= 0.3 is 6.48 Å². The van der Waals surface area contributed by atoms with Gasteiger partial charge in [-0.25, -0.2) is 0 Å². The molecule has 1 saturated carbocycles. The van der Waals surface area contributed by atoms with E-state index in [0.717, 1.165) is 25.7 Å². The van der Waals surface area contributed by atoms with Gasteiger partial charge in [-0.2, -0.15) is 0 Å². The summed E-state index contributed by atoms with van der Waals surface area (Å²) in [4.78, 5) is 0. The molecule has 1 aliphatic rings. The van der Waals surface area contributed by atoms with E-state index >= 15 is 0 Å². The van der Waals surface area contributed by atoms with Gasteiger partial charge in [-0.05, 0) is 25.2 Å². The lowest BCUT2D eigenvalue weighted by Crippen LogP contribution is -2.37. The van der Waals surface area contributed by atoms with Crippen molar-refractivity contribution in [3.05, 3.63) is 12.3 Å². The SMILES string of the molecule is C=C(OC(O)OC1(C)CCCCC1)C(C)C(C)(C)C. The normalized spacial score (nSPS) is 22.6. The first-order valence-electron chi connectivity index (χ1n) is 7.35. The van der Waals surface area contributed by atoms with Gasteiger partial charge < -0.3 is 14.6 Å². The molecule has 0 amide bonds. The van der Waals surface area contributed by atoms with E-state index in [1.807, 2.05) is 0 Å². The van der Waals surface area contributed by atoms with Crippen molar-refractivity contribution in [3.8, 4) is 0 Å². The van der Waals surface area contributed by atoms with Crippen LogP contribution in [0.5, 0.6) is 0 Å². The summed E-state index contributed by atoms with van der Waals surface area (Å²) in [5.41, 5.74) is -0.200. The second-order valence-corrected chi connectivity index (χ2v) is 7.11. The summed E-state index contributed by atoms with van der Waals surface area (Å²) in [6.07, 6.45) is 5.53. The van der Waals surface area contributed by atoms with Crippen molar-refractivity contribution < 1.29 is 14.6 Å². The highest BCUT2D eigenvalue weighted by Gasteiger charge is 2.32. The zero-order valence-electron chi connectivity index (χ0n) is 13.2. The van der Waals surface area contributed by atoms with Crippen LogP contribution in [0.25, 0.3) is 0 Å². The zero-order chi connectivity index (χ0) is 14.7. The van der Waals surface area contributed by atoms with Crippen molar-refractivity contribution in [2.45, 2.75) is 78.8 Å². The molecular formula is C16H30O3. The average molecular weight is 270 g/mol. The summed E-state index contributed by atoms with van der Waals surface area (Å²) < 4.78 is 11.1. The van der Waals surface area contributed by atoms with Crippen LogP contribution in [0.3, 0.4) is 0 Å². The second-order valence-electron chi connectivity index (χ2n) is 7.11. The van der Waals surface area contributed by atoms with Crippen LogP contribution in [0, 0.1) is 11.3 Å². The summed E-state index contributed by atoms with van der Waals surface area (Å²) in [5, 5.41) is 9.95. The van der Waals surface area contributed by atoms with Crippen LogP contribution in [0.4, 0.5) is 0 Å². The van der Waals surface area contributed by atoms with Crippen LogP contribution in [0.2, 0.25) is 0 Å². The molecule has 0 radical (unpaired) electrons. The molecule has 19 heavy (non-hydrogen) atoms. The zero-order valence-corrected chi connectivity index (χ0v) is 13.2. The Morgan fingerprint density at radius 1 is 1.21 bits per heavy atom. The van der Waals surface area contributed by atoms with E-state index in [1.165, 1.54) is 6.42 Å². The van der Waals surface area contributed by atoms with Crippen LogP contribution in [0.1, 0.15) is 66.7 Å². The minimum Gasteiger partial charge on any atom is -0.446 e. The summed E-state index contributed by atoms with van der Waals surface area (Å²) in [7, 11) is 0. The molecule has 3 nitrogen and oxygen atoms in total. The maximum atomic E-state index is 9.95. The number of rotatable bonds is 5. The van der Waals surface area contributed by atoms with Crippen molar-refractivity contribution >= 4 is 0 Å². The molecule has 3 heteroatoms. The quantitative estimate of drug-likeness (QED) is 0.600. The standard InChI is InChI=1S/C16H30O3/c1-12(15(3,4)5)13(2)18-14(17)19-16(6)10-8-7-9-11-16/h12,14,17H,2,7-11H2,1,3-6H3. The first-order chi connectivity index (χ1) is 8.64. The molecule has 0 saturated heterocycles. The fourth-order valence-electron chi connectivity index (χ4n) is 2.40. The third-order valence-corrected chi connectivity index (χ3v) is 4.33. The third kappa shape index (κ3) is 5.15. The monoisotopic (exact) mass is 270 g/mol. The first-order valence-corrected chi connectivity index (χ1v) is 7.35. The van der Waals surface area contributed by atoms with Gasteiger partial charge in [0, 0.05) is 5.92 Å². The van der Waals surface area contributed by atoms with Crippen LogP contribution < -0.4 is 0 Å². The molecule has 0 heterocycles. The van der Waals surface area contributed by atoms with Crippen LogP contribution >= 0.6 is 0 Å². The van der Waals surface area contributed by atoms with E-state index in [0.29, 0.717) is 5.76 Å². The summed E-state index contributed by atoms with van der Waals surface area (Å²) in [6, 6.07) is 0. The number of aliphatic hydroxyl groups excluding tert-OH is 1. The molecule has 1 aliphatic carbocycles. The largest absolute Gasteiger partial charge is 0.446 e. The number of aliphatic hydroxyl groups is 1. The Hall–Kier alpha value is -0.540. The average Bonchev–Trinajstić information content (AvgIpc) is 2.26. The van der Waals surface area contributed by atoms with Crippen molar-refractivity contribution in [1.29, 1.82) is 0 Å². The Balaban J connectivity index is 2.46. The molecule has 2 unspecified atom stereocenters. The van der Waals surface area contributed by atoms with Crippen molar-refractivity contribution in [2.75, 3.05) is 0 Å². The Morgan fingerprint density at radius 2 is 1.74 bits per heavy atom. The van der Waals surface area contributed by atoms with Gasteiger partial charge in [0.25, 0.3) is 0 Å². The number of allylic oxidation sites excluding steroid dienone is 1. The lowest BCUT2D eigenvalue weighted by molar-refractivity contribution is -0.298. The smallest absolute Gasteiger partial charge is 0.313 e. The van der Waals surface area contributed by atoms with Gasteiger partial charge in [-0.15, -0.1) is 0 Å². The number of hydrogen-bond donors (Lipinski definition) is 1. The van der Waals surface area contributed by atoms with Gasteiger partial charge in [0.15, 0.2) is 0 Å². The first kappa shape index (κ1) is 16.5. The minimum absolute atomic E-state index is 0.0611. The minimum atomic E-state index is -1.21. The molecule has 1 N–H and O–H groups in total. The van der Waals surface area contributed by atoms with Crippen molar-refractivity contribution in [2.24, 2.45) is 11.3 Å². The van der Waals surface area contributed by atoms with Crippen LogP contribution in [-0.4, -0.2) is 17.2 Å². The lowest BCUT2D eigenvalue weighted by Gasteiger charge is -2.36. The number of hydrogen-bond acceptors (Lipinski definition) is 3. The fraction of sp³-hybridized carbons (Fsp3) is 0.875. The van der Waals surface area contributed by atoms with Gasteiger partial charge in [0.1, 0.15) is 0 Å². The summed E-state index contributed by atoms with van der Waals surface area (Å²) in [5.74, 6) is 0.740. The molecule has 0 aromatic heterocycles. The molecule has 0 aromatic rings. The predicted octanol–water partition coefficient (Wildman–Crippen LogP) is 4.21. The number of ether oxygens (including phenoxy) is 2. The molecule has 0 aromatic carbocycles. The maximum Gasteiger partial charge on any atom is 0.313 e. The predicted molar refractivity (Wildman–Crippen MR) is 77.4 cm³/mol. The highest BCUT2D eigenvalue weighted by molar-refractivity contribution is 4.95. The molecular weight excluding hydrogens is 240 g/mol. The van der Waals surface area contributed by atoms with Crippen LogP contribution in [0.15, 0.2) is 12.3 Å². The Kier molecular flexibility index (Phi) is 5.45. The fourth-order valence-corrected chi connectivity index (χ4v) is 2.40. The van der Waals surface area contributed by atoms with Crippen molar-refractivity contribution in [1.82, 2.24) is 0 Å². The third-order valence-electron chi connectivity index (χ3n) is 4.33. The second kappa shape index (κ2) is 6.27. The van der Waals surface area contributed by atoms with Gasteiger partial charge in [-0.1, -0.05) is 53.5 Å². The Bertz CT molecular complexity index is 298. The van der Waals surface area contributed by atoms with Gasteiger partial charge in [0.2, 0.25) is 0 Å². The van der Waals surface area contributed by atoms with E-state index in [9.17, 15) is 5.11 Å². The van der Waals surface area contributed by atoms with Gasteiger partial charge in [-0.3, -0.25) is 0 Å². The molecule has 112 valence electrons. The molecule has 2 atom stereocenters. The Morgan fingerprint density at radius 3 is 2.21 bits per heavy atom. The van der Waals surface area contributed by atoms with E-state index in [1.54, 1.807) is 0 Å². The van der Waals surface area contributed by atoms with Gasteiger partial charge in [0.05, 0.1) is 11.4 Å². The molecule has 0 spiro atoms. The van der Waals surface area contributed by atoms with E-state index < -0.39 is 6.48 Å². The molecule has 1 rings (SSSR count). The topological polar surface area (TPSA) is 38.7 Å². The molecule has 0 aliphatic heterocycles. The molecule has 0 bridgehead atoms. The summed E-state index contributed by atoms with van der Waals surface area (Å²) in [6.45, 7) is 13.2. The highest BCUT2D eigenvalue weighted by atomic mass is 16.8.